The second kappa shape index (κ2) is 58.9. The second-order valence-corrected chi connectivity index (χ2v) is 26.3. The van der Waals surface area contributed by atoms with Gasteiger partial charge in [0.05, 0.1) is 39.9 Å². The molecule has 0 aliphatic heterocycles. The summed E-state index contributed by atoms with van der Waals surface area (Å²) in [5.41, 5.74) is 0. The topological polar surface area (TPSA) is 108 Å². The smallest absolute Gasteiger partial charge is 0.268 e. The van der Waals surface area contributed by atoms with Gasteiger partial charge in [0, 0.05) is 6.42 Å². The van der Waals surface area contributed by atoms with Crippen LogP contribution >= 0.6 is 7.82 Å². The number of amides is 1. The molecule has 76 heavy (non-hydrogen) atoms. The zero-order valence-corrected chi connectivity index (χ0v) is 52.9. The van der Waals surface area contributed by atoms with Gasteiger partial charge in [-0.25, -0.2) is 0 Å². The lowest BCUT2D eigenvalue weighted by atomic mass is 10.0. The van der Waals surface area contributed by atoms with E-state index in [-0.39, 0.29) is 19.1 Å². The van der Waals surface area contributed by atoms with Crippen LogP contribution in [0.25, 0.3) is 0 Å². The number of hydrogen-bond donors (Lipinski definition) is 2. The van der Waals surface area contributed by atoms with Gasteiger partial charge < -0.3 is 28.8 Å². The molecule has 0 aromatic rings. The van der Waals surface area contributed by atoms with Crippen molar-refractivity contribution in [2.45, 2.75) is 373 Å². The van der Waals surface area contributed by atoms with E-state index < -0.39 is 20.0 Å². The predicted molar refractivity (Wildman–Crippen MR) is 330 cm³/mol. The van der Waals surface area contributed by atoms with Gasteiger partial charge in [-0.2, -0.15) is 0 Å². The van der Waals surface area contributed by atoms with Crippen LogP contribution in [0.15, 0.2) is 12.2 Å². The van der Waals surface area contributed by atoms with E-state index in [1.807, 2.05) is 27.2 Å². The Bertz CT molecular complexity index is 1240. The first-order chi connectivity index (χ1) is 37.0. The number of carbonyl (C=O) groups excluding carboxylic acids is 1. The molecule has 3 atom stereocenters. The third kappa shape index (κ3) is 60.9. The molecule has 3 unspecified atom stereocenters. The highest BCUT2D eigenvalue weighted by Crippen LogP contribution is 2.38. The van der Waals surface area contributed by atoms with Gasteiger partial charge in [-0.3, -0.25) is 9.36 Å². The molecule has 9 heteroatoms. The van der Waals surface area contributed by atoms with Crippen molar-refractivity contribution in [3.63, 3.8) is 0 Å². The highest BCUT2D eigenvalue weighted by atomic mass is 31.2. The number of nitrogens with one attached hydrogen (secondary N) is 1. The van der Waals surface area contributed by atoms with Gasteiger partial charge in [0.1, 0.15) is 13.2 Å². The first-order valence-electron chi connectivity index (χ1n) is 34.1. The van der Waals surface area contributed by atoms with E-state index in [1.54, 1.807) is 6.08 Å². The highest BCUT2D eigenvalue weighted by molar-refractivity contribution is 7.45. The van der Waals surface area contributed by atoms with Crippen LogP contribution < -0.4 is 10.2 Å². The van der Waals surface area contributed by atoms with Gasteiger partial charge in [-0.05, 0) is 19.3 Å². The van der Waals surface area contributed by atoms with Crippen molar-refractivity contribution in [1.82, 2.24) is 5.32 Å². The maximum absolute atomic E-state index is 13.0. The molecule has 0 fully saturated rings. The number of unbranched alkanes of at least 4 members (excludes halogenated alkanes) is 51. The number of aliphatic hydroxyl groups is 1. The first-order valence-corrected chi connectivity index (χ1v) is 35.5. The average molecular weight is 1100 g/mol. The molecule has 0 spiro atoms. The average Bonchev–Trinajstić information content (AvgIpc) is 3.38. The van der Waals surface area contributed by atoms with E-state index in [1.165, 1.54) is 302 Å². The molecule has 0 aliphatic rings. The van der Waals surface area contributed by atoms with Crippen molar-refractivity contribution in [2.75, 3.05) is 40.9 Å². The van der Waals surface area contributed by atoms with Gasteiger partial charge in [-0.1, -0.05) is 347 Å². The lowest BCUT2D eigenvalue weighted by molar-refractivity contribution is -0.870. The minimum atomic E-state index is -4.60. The molecular formula is C67H135N2O6P. The molecule has 0 saturated carbocycles. The minimum absolute atomic E-state index is 0.00298. The largest absolute Gasteiger partial charge is 0.756 e. The number of carbonyl (C=O) groups is 1. The Labute approximate surface area is 475 Å². The number of rotatable bonds is 64. The fourth-order valence-electron chi connectivity index (χ4n) is 10.7. The Morgan fingerprint density at radius 1 is 0.447 bits per heavy atom. The summed E-state index contributed by atoms with van der Waals surface area (Å²) in [5, 5.41) is 14.0. The quantitative estimate of drug-likeness (QED) is 0.0272. The number of hydrogen-bond acceptors (Lipinski definition) is 6. The molecule has 454 valence electrons. The summed E-state index contributed by atoms with van der Waals surface area (Å²) in [6.07, 6.45) is 74.7. The van der Waals surface area contributed by atoms with E-state index >= 15 is 0 Å². The van der Waals surface area contributed by atoms with E-state index in [2.05, 4.69) is 19.2 Å². The van der Waals surface area contributed by atoms with E-state index in [9.17, 15) is 19.4 Å². The number of phosphoric ester groups is 1. The van der Waals surface area contributed by atoms with Crippen molar-refractivity contribution in [1.29, 1.82) is 0 Å². The lowest BCUT2D eigenvalue weighted by Crippen LogP contribution is -2.45. The van der Waals surface area contributed by atoms with Crippen molar-refractivity contribution in [2.24, 2.45) is 0 Å². The molecule has 0 aromatic carbocycles. The van der Waals surface area contributed by atoms with Gasteiger partial charge in [0.2, 0.25) is 5.91 Å². The van der Waals surface area contributed by atoms with Crippen molar-refractivity contribution >= 4 is 13.7 Å². The van der Waals surface area contributed by atoms with Crippen LogP contribution in [0.4, 0.5) is 0 Å². The first kappa shape index (κ1) is 75.2. The summed E-state index contributed by atoms with van der Waals surface area (Å²) in [6, 6.07) is -0.883. The SMILES string of the molecule is CCCCCCCCCCCCCCCCCCCCCCCCCCCCC/C=C/C(O)C(COP(=O)([O-])OCC[N+](C)(C)C)NC(=O)CCCCCCCCCCCCCCCCCCCCCCCCCCC. The van der Waals surface area contributed by atoms with Crippen LogP contribution in [-0.4, -0.2) is 68.5 Å². The van der Waals surface area contributed by atoms with Gasteiger partial charge in [0.15, 0.2) is 0 Å². The zero-order chi connectivity index (χ0) is 55.6. The third-order valence-corrected chi connectivity index (χ3v) is 17.0. The van der Waals surface area contributed by atoms with Gasteiger partial charge >= 0.3 is 0 Å². The van der Waals surface area contributed by atoms with Crippen molar-refractivity contribution in [3.05, 3.63) is 12.2 Å². The number of phosphoric acid groups is 1. The summed E-state index contributed by atoms with van der Waals surface area (Å²) in [5.74, 6) is -0.188. The highest BCUT2D eigenvalue weighted by Gasteiger charge is 2.23. The summed E-state index contributed by atoms with van der Waals surface area (Å²) in [4.78, 5) is 25.6. The molecule has 1 amide bonds. The number of nitrogens with zero attached hydrogens (tertiary/aromatic N) is 1. The fourth-order valence-corrected chi connectivity index (χ4v) is 11.4. The maximum atomic E-state index is 13.0. The van der Waals surface area contributed by atoms with E-state index in [4.69, 9.17) is 9.05 Å². The molecule has 0 bridgehead atoms. The van der Waals surface area contributed by atoms with Crippen LogP contribution in [0.5, 0.6) is 0 Å². The van der Waals surface area contributed by atoms with Crippen LogP contribution in [0.3, 0.4) is 0 Å². The van der Waals surface area contributed by atoms with Crippen LogP contribution in [0.1, 0.15) is 361 Å². The molecule has 0 radical (unpaired) electrons. The Morgan fingerprint density at radius 2 is 0.711 bits per heavy atom. The van der Waals surface area contributed by atoms with Crippen LogP contribution in [-0.2, 0) is 18.4 Å². The Kier molecular flexibility index (Phi) is 58.3. The molecule has 0 saturated heterocycles. The molecular weight excluding hydrogens is 960 g/mol. The number of allylic oxidation sites excluding steroid dienone is 1. The van der Waals surface area contributed by atoms with Crippen molar-refractivity contribution in [3.8, 4) is 0 Å². The summed E-state index contributed by atoms with van der Waals surface area (Å²) in [6.45, 7) is 4.72. The predicted octanol–water partition coefficient (Wildman–Crippen LogP) is 20.7. The van der Waals surface area contributed by atoms with Crippen molar-refractivity contribution < 1.29 is 32.9 Å². The standard InChI is InChI=1S/C67H135N2O6P/c1-6-8-10-12-14-16-18-20-22-24-26-28-30-32-33-34-35-37-38-40-42-44-46-48-50-52-54-56-58-60-66(70)65(64-75-76(72,73)74-63-62-69(3,4)5)68-67(71)61-59-57-55-53-51-49-47-45-43-41-39-36-31-29-27-25-23-21-19-17-15-13-11-9-7-2/h58,60,65-66,70H,6-57,59,61-64H2,1-5H3,(H-,68,71,72,73)/b60-58+. The summed E-state index contributed by atoms with van der Waals surface area (Å²) >= 11 is 0. The molecule has 8 nitrogen and oxygen atoms in total. The van der Waals surface area contributed by atoms with E-state index in [0.29, 0.717) is 17.4 Å². The molecule has 0 heterocycles. The van der Waals surface area contributed by atoms with Gasteiger partial charge in [-0.15, -0.1) is 0 Å². The fraction of sp³-hybridized carbons (Fsp3) is 0.955. The van der Waals surface area contributed by atoms with Crippen LogP contribution in [0, 0.1) is 0 Å². The maximum Gasteiger partial charge on any atom is 0.268 e. The van der Waals surface area contributed by atoms with Gasteiger partial charge in [0.25, 0.3) is 7.82 Å². The normalized spacial score (nSPS) is 13.7. The number of aliphatic hydroxyl groups excluding tert-OH is 1. The summed E-state index contributed by atoms with van der Waals surface area (Å²) < 4.78 is 23.5. The zero-order valence-electron chi connectivity index (χ0n) is 52.0. The Balaban J connectivity index is 4.05. The third-order valence-electron chi connectivity index (χ3n) is 16.0. The molecule has 0 aromatic heterocycles. The Hall–Kier alpha value is -0.760. The molecule has 0 rings (SSSR count). The monoisotopic (exact) mass is 1100 g/mol. The minimum Gasteiger partial charge on any atom is -0.756 e. The number of likely N-dealkylation sites (N-methyl/N-ethyl adjacent to an activating group) is 1. The second-order valence-electron chi connectivity index (χ2n) is 24.9. The Morgan fingerprint density at radius 3 is 0.987 bits per heavy atom. The van der Waals surface area contributed by atoms with E-state index in [0.717, 1.165) is 38.5 Å². The number of quaternary nitrogens is 1. The lowest BCUT2D eigenvalue weighted by Gasteiger charge is -2.29. The summed E-state index contributed by atoms with van der Waals surface area (Å²) in [7, 11) is 1.28. The molecule has 2 N–H and O–H groups in total. The molecule has 0 aliphatic carbocycles. The van der Waals surface area contributed by atoms with Crippen LogP contribution in [0.2, 0.25) is 0 Å².